The predicted octanol–water partition coefficient (Wildman–Crippen LogP) is 5.20. The SMILES string of the molecule is COc1ccc2c(c1)[C@]1(CCNCC(O)CSc3ccccc3)CCCCC1CC2. The summed E-state index contributed by atoms with van der Waals surface area (Å²) in [5.74, 6) is 2.50. The van der Waals surface area contributed by atoms with E-state index in [2.05, 4.69) is 35.6 Å². The first-order valence-electron chi connectivity index (χ1n) is 11.5. The van der Waals surface area contributed by atoms with Crippen molar-refractivity contribution < 1.29 is 9.84 Å². The number of methoxy groups -OCH3 is 1. The van der Waals surface area contributed by atoms with Crippen LogP contribution in [0.4, 0.5) is 0 Å². The molecule has 4 heteroatoms. The molecule has 2 aromatic carbocycles. The molecule has 1 saturated carbocycles. The van der Waals surface area contributed by atoms with Gasteiger partial charge in [0.05, 0.1) is 13.2 Å². The summed E-state index contributed by atoms with van der Waals surface area (Å²) in [6.07, 6.45) is 8.67. The maximum atomic E-state index is 10.4. The van der Waals surface area contributed by atoms with Crippen molar-refractivity contribution >= 4 is 11.8 Å². The molecule has 0 saturated heterocycles. The number of rotatable bonds is 9. The van der Waals surface area contributed by atoms with Crippen molar-refractivity contribution in [2.75, 3.05) is 26.0 Å². The minimum absolute atomic E-state index is 0.275. The Labute approximate surface area is 185 Å². The molecule has 30 heavy (non-hydrogen) atoms. The lowest BCUT2D eigenvalue weighted by atomic mass is 9.56. The zero-order valence-electron chi connectivity index (χ0n) is 18.1. The Balaban J connectivity index is 1.35. The summed E-state index contributed by atoms with van der Waals surface area (Å²) >= 11 is 1.72. The van der Waals surface area contributed by atoms with Gasteiger partial charge in [0.15, 0.2) is 0 Å². The third kappa shape index (κ3) is 4.87. The van der Waals surface area contributed by atoms with E-state index in [1.54, 1.807) is 24.4 Å². The van der Waals surface area contributed by atoms with Crippen LogP contribution in [0.25, 0.3) is 0 Å². The topological polar surface area (TPSA) is 41.5 Å². The van der Waals surface area contributed by atoms with Crippen LogP contribution >= 0.6 is 11.8 Å². The van der Waals surface area contributed by atoms with E-state index < -0.39 is 0 Å². The summed E-state index contributed by atoms with van der Waals surface area (Å²) in [6, 6.07) is 17.0. The van der Waals surface area contributed by atoms with Crippen LogP contribution in [0.3, 0.4) is 0 Å². The third-order valence-corrected chi connectivity index (χ3v) is 8.29. The van der Waals surface area contributed by atoms with Crippen molar-refractivity contribution in [1.29, 1.82) is 0 Å². The van der Waals surface area contributed by atoms with E-state index in [0.717, 1.165) is 30.4 Å². The van der Waals surface area contributed by atoms with Gasteiger partial charge in [-0.15, -0.1) is 11.8 Å². The molecule has 2 N–H and O–H groups in total. The van der Waals surface area contributed by atoms with Crippen molar-refractivity contribution in [3.63, 3.8) is 0 Å². The molecule has 3 nitrogen and oxygen atoms in total. The van der Waals surface area contributed by atoms with E-state index in [9.17, 15) is 5.11 Å². The molecule has 2 aliphatic rings. The summed E-state index contributed by atoms with van der Waals surface area (Å²) in [5.41, 5.74) is 3.34. The zero-order chi connectivity index (χ0) is 20.8. The zero-order valence-corrected chi connectivity index (χ0v) is 18.9. The van der Waals surface area contributed by atoms with Gasteiger partial charge < -0.3 is 15.2 Å². The van der Waals surface area contributed by atoms with Gasteiger partial charge in [0.2, 0.25) is 0 Å². The van der Waals surface area contributed by atoms with E-state index >= 15 is 0 Å². The second-order valence-electron chi connectivity index (χ2n) is 8.89. The van der Waals surface area contributed by atoms with Crippen molar-refractivity contribution in [3.8, 4) is 5.75 Å². The Hall–Kier alpha value is -1.49. The summed E-state index contributed by atoms with van der Waals surface area (Å²) in [5, 5.41) is 14.0. The molecule has 0 spiro atoms. The molecule has 2 aromatic rings. The fraction of sp³-hybridized carbons (Fsp3) is 0.538. The Morgan fingerprint density at radius 1 is 1.17 bits per heavy atom. The number of fused-ring (bicyclic) bond motifs is 3. The summed E-state index contributed by atoms with van der Waals surface area (Å²) in [4.78, 5) is 1.22. The molecule has 0 heterocycles. The van der Waals surface area contributed by atoms with Crippen LogP contribution in [-0.2, 0) is 11.8 Å². The summed E-state index contributed by atoms with van der Waals surface area (Å²) in [7, 11) is 1.77. The van der Waals surface area contributed by atoms with Crippen LogP contribution in [0.15, 0.2) is 53.4 Å². The summed E-state index contributed by atoms with van der Waals surface area (Å²) in [6.45, 7) is 1.62. The minimum Gasteiger partial charge on any atom is -0.497 e. The van der Waals surface area contributed by atoms with Gasteiger partial charge in [-0.3, -0.25) is 0 Å². The number of nitrogens with one attached hydrogen (secondary N) is 1. The van der Waals surface area contributed by atoms with Crippen LogP contribution in [0.2, 0.25) is 0 Å². The fourth-order valence-corrected chi connectivity index (χ4v) is 6.44. The fourth-order valence-electron chi connectivity index (χ4n) is 5.59. The van der Waals surface area contributed by atoms with E-state index in [4.69, 9.17) is 4.74 Å². The molecule has 0 aromatic heterocycles. The van der Waals surface area contributed by atoms with Gasteiger partial charge in [0.1, 0.15) is 5.75 Å². The maximum absolute atomic E-state index is 10.4. The highest BCUT2D eigenvalue weighted by molar-refractivity contribution is 7.99. The molecule has 0 radical (unpaired) electrons. The first kappa shape index (κ1) is 21.7. The minimum atomic E-state index is -0.325. The van der Waals surface area contributed by atoms with Crippen LogP contribution in [0, 0.1) is 5.92 Å². The number of thioether (sulfide) groups is 1. The molecule has 2 aliphatic carbocycles. The first-order chi connectivity index (χ1) is 14.7. The average molecular weight is 426 g/mol. The molecule has 1 fully saturated rings. The third-order valence-electron chi connectivity index (χ3n) is 7.14. The van der Waals surface area contributed by atoms with Gasteiger partial charge in [-0.05, 0) is 85.4 Å². The van der Waals surface area contributed by atoms with Crippen molar-refractivity contribution in [3.05, 3.63) is 59.7 Å². The molecule has 4 rings (SSSR count). The van der Waals surface area contributed by atoms with E-state index in [-0.39, 0.29) is 11.5 Å². The molecule has 0 aliphatic heterocycles. The quantitative estimate of drug-likeness (QED) is 0.428. The number of aliphatic hydroxyl groups excluding tert-OH is 1. The van der Waals surface area contributed by atoms with Gasteiger partial charge in [-0.2, -0.15) is 0 Å². The standard InChI is InChI=1S/C26H35NO2S/c1-29-23-13-11-20-10-12-21-7-5-6-14-26(21,25(20)17-23)15-16-27-18-22(28)19-30-24-8-3-2-4-9-24/h2-4,8-9,11,13,17,21-22,27-28H,5-7,10,12,14-16,18-19H2,1H3/t21?,22?,26-/m0/s1. The number of aryl methyl sites for hydroxylation is 1. The predicted molar refractivity (Wildman–Crippen MR) is 126 cm³/mol. The van der Waals surface area contributed by atoms with Crippen molar-refractivity contribution in [2.24, 2.45) is 5.92 Å². The molecule has 2 unspecified atom stereocenters. The van der Waals surface area contributed by atoms with Crippen molar-refractivity contribution in [2.45, 2.75) is 61.4 Å². The Kier molecular flexibility index (Phi) is 7.40. The largest absolute Gasteiger partial charge is 0.497 e. The summed E-state index contributed by atoms with van der Waals surface area (Å²) < 4.78 is 5.57. The molecule has 0 bridgehead atoms. The lowest BCUT2D eigenvalue weighted by Crippen LogP contribution is -2.44. The smallest absolute Gasteiger partial charge is 0.119 e. The first-order valence-corrected chi connectivity index (χ1v) is 12.4. The second kappa shape index (κ2) is 10.2. The number of benzene rings is 2. The van der Waals surface area contributed by atoms with E-state index in [1.807, 2.05) is 18.2 Å². The lowest BCUT2D eigenvalue weighted by molar-refractivity contribution is 0.142. The van der Waals surface area contributed by atoms with Crippen LogP contribution in [0.5, 0.6) is 5.75 Å². The number of aliphatic hydroxyl groups is 1. The number of hydrogen-bond acceptors (Lipinski definition) is 4. The van der Waals surface area contributed by atoms with Crippen LogP contribution in [0.1, 0.15) is 49.7 Å². The second-order valence-corrected chi connectivity index (χ2v) is 9.99. The van der Waals surface area contributed by atoms with Crippen LogP contribution < -0.4 is 10.1 Å². The van der Waals surface area contributed by atoms with Gasteiger partial charge in [-0.1, -0.05) is 37.1 Å². The van der Waals surface area contributed by atoms with Gasteiger partial charge in [0.25, 0.3) is 0 Å². The number of ether oxygens (including phenoxy) is 1. The average Bonchev–Trinajstić information content (AvgIpc) is 2.80. The molecule has 0 amide bonds. The monoisotopic (exact) mass is 425 g/mol. The van der Waals surface area contributed by atoms with E-state index in [0.29, 0.717) is 6.54 Å². The number of hydrogen-bond donors (Lipinski definition) is 2. The normalized spacial score (nSPS) is 24.0. The Bertz CT molecular complexity index is 812. The van der Waals surface area contributed by atoms with Crippen molar-refractivity contribution in [1.82, 2.24) is 5.32 Å². The highest BCUT2D eigenvalue weighted by Crippen LogP contribution is 2.52. The molecular weight excluding hydrogens is 390 g/mol. The van der Waals surface area contributed by atoms with Crippen LogP contribution in [-0.4, -0.2) is 37.2 Å². The van der Waals surface area contributed by atoms with E-state index in [1.165, 1.54) is 49.0 Å². The maximum Gasteiger partial charge on any atom is 0.119 e. The molecule has 3 atom stereocenters. The van der Waals surface area contributed by atoms with Gasteiger partial charge in [-0.25, -0.2) is 0 Å². The Morgan fingerprint density at radius 2 is 2.03 bits per heavy atom. The Morgan fingerprint density at radius 3 is 2.87 bits per heavy atom. The highest BCUT2D eigenvalue weighted by atomic mass is 32.2. The van der Waals surface area contributed by atoms with Gasteiger partial charge in [0, 0.05) is 17.2 Å². The van der Waals surface area contributed by atoms with Gasteiger partial charge >= 0.3 is 0 Å². The molecular formula is C26H35NO2S. The molecule has 162 valence electrons. The lowest BCUT2D eigenvalue weighted by Gasteiger charge is -2.49. The highest BCUT2D eigenvalue weighted by Gasteiger charge is 2.45.